The maximum absolute atomic E-state index is 13.3. The fraction of sp³-hybridized carbons (Fsp3) is 0.343. The highest BCUT2D eigenvalue weighted by atomic mass is 32.2. The fourth-order valence-electron chi connectivity index (χ4n) is 6.29. The Hall–Kier alpha value is -5.04. The van der Waals surface area contributed by atoms with E-state index in [1.54, 1.807) is 44.2 Å². The molecule has 48 heavy (non-hydrogen) atoms. The van der Waals surface area contributed by atoms with Crippen molar-refractivity contribution in [3.05, 3.63) is 82.9 Å². The third kappa shape index (κ3) is 5.83. The number of nitrogens with zero attached hydrogens (tertiary/aromatic N) is 3. The molecule has 3 heterocycles. The molecule has 3 aliphatic heterocycles. The van der Waals surface area contributed by atoms with E-state index in [1.165, 1.54) is 14.1 Å². The predicted octanol–water partition coefficient (Wildman–Crippen LogP) is 4.14. The summed E-state index contributed by atoms with van der Waals surface area (Å²) in [4.78, 5) is 68.1. The Balaban J connectivity index is 1.34. The highest BCUT2D eigenvalue weighted by molar-refractivity contribution is 8.13. The molecule has 3 amide bonds. The first-order valence-corrected chi connectivity index (χ1v) is 16.7. The Morgan fingerprint density at radius 2 is 1.67 bits per heavy atom. The largest absolute Gasteiger partial charge is 0.456 e. The van der Waals surface area contributed by atoms with Gasteiger partial charge in [0.1, 0.15) is 23.3 Å². The second-order valence-corrected chi connectivity index (χ2v) is 12.8. The van der Waals surface area contributed by atoms with Gasteiger partial charge in [-0.3, -0.25) is 19.3 Å². The minimum atomic E-state index is -1.31. The summed E-state index contributed by atoms with van der Waals surface area (Å²) in [6.07, 6.45) is -0.500. The molecule has 250 valence electrons. The van der Waals surface area contributed by atoms with Gasteiger partial charge in [-0.25, -0.2) is 9.59 Å². The van der Waals surface area contributed by atoms with Crippen molar-refractivity contribution < 1.29 is 38.2 Å². The van der Waals surface area contributed by atoms with Crippen LogP contribution in [0.15, 0.2) is 60.7 Å². The number of hydrogen-bond acceptors (Lipinski definition) is 10. The molecule has 3 aromatic carbocycles. The number of anilines is 1. The zero-order chi connectivity index (χ0) is 34.2. The van der Waals surface area contributed by atoms with E-state index in [-0.39, 0.29) is 22.5 Å². The van der Waals surface area contributed by atoms with Crippen LogP contribution in [0.4, 0.5) is 10.5 Å². The zero-order valence-corrected chi connectivity index (χ0v) is 27.9. The standard InChI is InChI=1S/C35H36N4O8S/c1-5-31(41)48-20-28(32(42)36-3)37(4)34(44)45-23-11-13-27-30(19-23)46-29-18-22(39-16-14-38(15-17-39)21(2)40)10-12-26(29)35(27)25-9-7-6-8-24(25)33(43)47-35/h6-13,18-19,28H,5,14-17,20H2,1-4H3,(H,36,42)/t28-,35?/m0/s1. The summed E-state index contributed by atoms with van der Waals surface area (Å²) >= 11 is 0.979. The molecule has 6 rings (SSSR count). The number of piperazine rings is 1. The smallest absolute Gasteiger partial charge is 0.415 e. The number of ether oxygens (including phenoxy) is 3. The van der Waals surface area contributed by atoms with Gasteiger partial charge in [0.05, 0.1) is 5.56 Å². The summed E-state index contributed by atoms with van der Waals surface area (Å²) in [5, 5.41) is 2.44. The number of hydrogen-bond donors (Lipinski definition) is 1. The van der Waals surface area contributed by atoms with E-state index in [9.17, 15) is 24.0 Å². The van der Waals surface area contributed by atoms with E-state index in [1.807, 2.05) is 35.2 Å². The number of benzene rings is 3. The first-order valence-electron chi connectivity index (χ1n) is 15.7. The lowest BCUT2D eigenvalue weighted by Crippen LogP contribution is -2.49. The molecule has 13 heteroatoms. The Morgan fingerprint density at radius 1 is 0.979 bits per heavy atom. The molecule has 1 saturated heterocycles. The zero-order valence-electron chi connectivity index (χ0n) is 27.1. The van der Waals surface area contributed by atoms with Gasteiger partial charge >= 0.3 is 12.1 Å². The molecule has 12 nitrogen and oxygen atoms in total. The van der Waals surface area contributed by atoms with Crippen LogP contribution in [0.3, 0.4) is 0 Å². The van der Waals surface area contributed by atoms with Crippen LogP contribution in [0.1, 0.15) is 47.3 Å². The van der Waals surface area contributed by atoms with Crippen molar-refractivity contribution in [1.29, 1.82) is 0 Å². The lowest BCUT2D eigenvalue weighted by Gasteiger charge is -2.39. The summed E-state index contributed by atoms with van der Waals surface area (Å²) in [6.45, 7) is 5.79. The van der Waals surface area contributed by atoms with Crippen LogP contribution in [-0.2, 0) is 24.7 Å². The topological polar surface area (TPSA) is 135 Å². The molecule has 1 spiro atoms. The highest BCUT2D eigenvalue weighted by Gasteiger charge is 2.53. The number of thioether (sulfide) groups is 1. The minimum Gasteiger partial charge on any atom is -0.456 e. The average Bonchev–Trinajstić information content (AvgIpc) is 3.39. The number of carbonyl (C=O) groups excluding carboxylic acids is 5. The maximum Gasteiger partial charge on any atom is 0.415 e. The number of nitrogens with one attached hydrogen (secondary N) is 1. The third-order valence-corrected chi connectivity index (χ3v) is 10.1. The van der Waals surface area contributed by atoms with Crippen LogP contribution in [0.5, 0.6) is 17.2 Å². The van der Waals surface area contributed by atoms with E-state index >= 15 is 0 Å². The Morgan fingerprint density at radius 3 is 2.35 bits per heavy atom. The van der Waals surface area contributed by atoms with Crippen molar-refractivity contribution in [3.63, 3.8) is 0 Å². The van der Waals surface area contributed by atoms with Crippen LogP contribution in [0.25, 0.3) is 0 Å². The second-order valence-electron chi connectivity index (χ2n) is 11.7. The molecular formula is C35H36N4O8S. The van der Waals surface area contributed by atoms with Gasteiger partial charge in [-0.15, -0.1) is 0 Å². The number of fused-ring (bicyclic) bond motifs is 6. The van der Waals surface area contributed by atoms with Crippen LogP contribution >= 0.6 is 11.8 Å². The number of rotatable bonds is 7. The quantitative estimate of drug-likeness (QED) is 0.365. The van der Waals surface area contributed by atoms with Gasteiger partial charge in [-0.2, -0.15) is 0 Å². The SMILES string of the molecule is CCC(=O)SC[C@@H](C(=O)NC)N(C)C(=O)Oc1ccc2c(c1)Oc1cc(N3CCN(C(C)=O)CC3)ccc1C21OC(=O)c2ccccc21. The van der Waals surface area contributed by atoms with Crippen molar-refractivity contribution in [3.8, 4) is 17.2 Å². The molecule has 2 atom stereocenters. The first-order chi connectivity index (χ1) is 23.1. The molecule has 0 radical (unpaired) electrons. The molecule has 0 aliphatic carbocycles. The van der Waals surface area contributed by atoms with E-state index in [2.05, 4.69) is 10.2 Å². The monoisotopic (exact) mass is 672 g/mol. The number of amides is 3. The lowest BCUT2D eigenvalue weighted by atomic mass is 9.77. The molecule has 0 aromatic heterocycles. The maximum atomic E-state index is 13.3. The van der Waals surface area contributed by atoms with Gasteiger partial charge in [-0.1, -0.05) is 36.9 Å². The normalized spacial score (nSPS) is 18.1. The van der Waals surface area contributed by atoms with Gasteiger partial charge in [0.15, 0.2) is 10.7 Å². The van der Waals surface area contributed by atoms with Crippen LogP contribution in [-0.4, -0.2) is 90.9 Å². The minimum absolute atomic E-state index is 0.0426. The number of carbonyl (C=O) groups is 5. The molecule has 1 unspecified atom stereocenters. The summed E-state index contributed by atoms with van der Waals surface area (Å²) in [6, 6.07) is 16.9. The van der Waals surface area contributed by atoms with Crippen molar-refractivity contribution in [2.45, 2.75) is 31.9 Å². The lowest BCUT2D eigenvalue weighted by molar-refractivity contribution is -0.129. The summed E-state index contributed by atoms with van der Waals surface area (Å²) in [5.41, 5.74) is 1.89. The molecule has 0 bridgehead atoms. The van der Waals surface area contributed by atoms with Crippen molar-refractivity contribution >= 4 is 46.4 Å². The number of esters is 1. The van der Waals surface area contributed by atoms with E-state index in [0.29, 0.717) is 66.4 Å². The molecule has 1 fully saturated rings. The highest BCUT2D eigenvalue weighted by Crippen LogP contribution is 2.57. The van der Waals surface area contributed by atoms with Crippen molar-refractivity contribution in [1.82, 2.24) is 15.1 Å². The second kappa shape index (κ2) is 13.2. The van der Waals surface area contributed by atoms with Gasteiger partial charge < -0.3 is 29.3 Å². The molecular weight excluding hydrogens is 636 g/mol. The van der Waals surface area contributed by atoms with Crippen LogP contribution < -0.4 is 19.7 Å². The molecule has 0 saturated carbocycles. The third-order valence-electron chi connectivity index (χ3n) is 8.96. The molecule has 3 aliphatic rings. The van der Waals surface area contributed by atoms with E-state index in [0.717, 1.165) is 22.3 Å². The van der Waals surface area contributed by atoms with Gasteiger partial charge in [0.25, 0.3) is 0 Å². The van der Waals surface area contributed by atoms with Gasteiger partial charge in [0, 0.05) is 93.9 Å². The average molecular weight is 673 g/mol. The molecule has 1 N–H and O–H groups in total. The molecule has 3 aromatic rings. The summed E-state index contributed by atoms with van der Waals surface area (Å²) < 4.78 is 18.4. The van der Waals surface area contributed by atoms with E-state index < -0.39 is 29.6 Å². The van der Waals surface area contributed by atoms with Crippen LogP contribution in [0, 0.1) is 0 Å². The Kier molecular flexibility index (Phi) is 9.06. The van der Waals surface area contributed by atoms with Gasteiger partial charge in [0.2, 0.25) is 11.8 Å². The Bertz CT molecular complexity index is 1810. The Labute approximate surface area is 282 Å². The summed E-state index contributed by atoms with van der Waals surface area (Å²) in [7, 11) is 2.90. The van der Waals surface area contributed by atoms with Crippen LogP contribution in [0.2, 0.25) is 0 Å². The van der Waals surface area contributed by atoms with Gasteiger partial charge in [-0.05, 0) is 30.3 Å². The fourth-order valence-corrected chi connectivity index (χ4v) is 7.21. The van der Waals surface area contributed by atoms with E-state index in [4.69, 9.17) is 14.2 Å². The van der Waals surface area contributed by atoms with Crippen molar-refractivity contribution in [2.24, 2.45) is 0 Å². The van der Waals surface area contributed by atoms with Crippen molar-refractivity contribution in [2.75, 3.05) is 50.9 Å². The predicted molar refractivity (Wildman–Crippen MR) is 179 cm³/mol. The first kappa shape index (κ1) is 32.9. The number of likely N-dealkylation sites (N-methyl/N-ethyl adjacent to an activating group) is 2. The summed E-state index contributed by atoms with van der Waals surface area (Å²) in [5.74, 6) is 0.153.